The molecule has 258 valence electrons. The van der Waals surface area contributed by atoms with Crippen LogP contribution in [-0.2, 0) is 19.2 Å². The number of urea groups is 1. The molecule has 0 bridgehead atoms. The number of hydrogen-bond donors (Lipinski definition) is 4. The molecule has 1 unspecified atom stereocenters. The summed E-state index contributed by atoms with van der Waals surface area (Å²) in [5.41, 5.74) is 4.45. The fourth-order valence-electron chi connectivity index (χ4n) is 7.28. The maximum atomic E-state index is 14.4. The summed E-state index contributed by atoms with van der Waals surface area (Å²) in [5, 5.41) is 8.82. The van der Waals surface area contributed by atoms with Gasteiger partial charge < -0.3 is 26.6 Å². The summed E-state index contributed by atoms with van der Waals surface area (Å²) in [6.07, 6.45) is 7.01. The van der Waals surface area contributed by atoms with Gasteiger partial charge in [-0.3, -0.25) is 24.0 Å². The van der Waals surface area contributed by atoms with E-state index in [-0.39, 0.29) is 30.0 Å². The van der Waals surface area contributed by atoms with Gasteiger partial charge in [-0.25, -0.2) is 4.79 Å². The average Bonchev–Trinajstić information content (AvgIpc) is 3.71. The Labute approximate surface area is 278 Å². The molecule has 11 nitrogen and oxygen atoms in total. The molecule has 11 heteroatoms. The molecule has 4 atom stereocenters. The number of likely N-dealkylation sites (tertiary alicyclic amines) is 1. The number of nitrogens with zero attached hydrogens (tertiary/aromatic N) is 1. The highest BCUT2D eigenvalue weighted by molar-refractivity contribution is 6.37. The number of Topliss-reactive ketones (excluding diaryl/α,β-unsaturated/α-hetero) is 2. The zero-order valence-corrected chi connectivity index (χ0v) is 28.6. The summed E-state index contributed by atoms with van der Waals surface area (Å²) in [6.45, 7) is 9.85. The van der Waals surface area contributed by atoms with E-state index in [1.54, 1.807) is 12.1 Å². The number of primary amides is 1. The van der Waals surface area contributed by atoms with E-state index in [0.717, 1.165) is 32.1 Å². The highest BCUT2D eigenvalue weighted by Crippen LogP contribution is 2.36. The zero-order valence-electron chi connectivity index (χ0n) is 28.6. The molecule has 2 aliphatic carbocycles. The predicted molar refractivity (Wildman–Crippen MR) is 178 cm³/mol. The van der Waals surface area contributed by atoms with E-state index in [4.69, 9.17) is 5.73 Å². The lowest BCUT2D eigenvalue weighted by atomic mass is 9.77. The van der Waals surface area contributed by atoms with Gasteiger partial charge in [0.15, 0.2) is 5.78 Å². The van der Waals surface area contributed by atoms with Crippen molar-refractivity contribution in [2.75, 3.05) is 6.54 Å². The average molecular weight is 652 g/mol. The molecular formula is C36H53N5O6. The molecule has 47 heavy (non-hydrogen) atoms. The van der Waals surface area contributed by atoms with Gasteiger partial charge in [-0.1, -0.05) is 97.1 Å². The second-order valence-electron chi connectivity index (χ2n) is 15.3. The van der Waals surface area contributed by atoms with Crippen LogP contribution < -0.4 is 21.7 Å². The number of carbonyl (C=O) groups is 6. The van der Waals surface area contributed by atoms with Crippen LogP contribution in [0, 0.1) is 23.2 Å². The van der Waals surface area contributed by atoms with Crippen LogP contribution in [-0.4, -0.2) is 70.4 Å². The van der Waals surface area contributed by atoms with Gasteiger partial charge >= 0.3 is 6.03 Å². The normalized spacial score (nSPS) is 22.2. The summed E-state index contributed by atoms with van der Waals surface area (Å²) >= 11 is 0. The molecule has 3 aliphatic rings. The van der Waals surface area contributed by atoms with E-state index in [1.807, 2.05) is 52.8 Å². The molecule has 0 radical (unpaired) electrons. The number of ketones is 2. The van der Waals surface area contributed by atoms with E-state index in [2.05, 4.69) is 16.0 Å². The standard InChI is InChI=1S/C36H53N5O6/c1-22(2)25-16-19-41(28(25)32(45)38-26(20-23-14-15-23)29(43)31(37)44)33(46)30(35(3,4)5)39-34(47)40-36(17-10-7-11-18-36)21-27(42)24-12-8-6-9-13-24/h6,8-9,12-13,22-23,25-26,28,30H,7,10-11,14-21H2,1-5H3,(H2,37,44)(H,38,45)(H2,39,40,47)/t25-,26?,28+,30-/m1/s1. The van der Waals surface area contributed by atoms with Crippen molar-refractivity contribution < 1.29 is 28.8 Å². The van der Waals surface area contributed by atoms with Crippen LogP contribution >= 0.6 is 0 Å². The molecule has 1 heterocycles. The molecule has 5 amide bonds. The molecule has 5 N–H and O–H groups in total. The Morgan fingerprint density at radius 1 is 0.936 bits per heavy atom. The fourth-order valence-corrected chi connectivity index (χ4v) is 7.28. The first kappa shape index (κ1) is 36.1. The summed E-state index contributed by atoms with van der Waals surface area (Å²) in [5.74, 6) is -2.76. The number of amides is 5. The van der Waals surface area contributed by atoms with Crippen LogP contribution in [0.4, 0.5) is 4.79 Å². The zero-order chi connectivity index (χ0) is 34.5. The Bertz CT molecular complexity index is 1330. The maximum absolute atomic E-state index is 14.4. The Morgan fingerprint density at radius 3 is 2.13 bits per heavy atom. The molecule has 2 saturated carbocycles. The quantitative estimate of drug-likeness (QED) is 0.186. The van der Waals surface area contributed by atoms with Gasteiger partial charge in [0.25, 0.3) is 5.91 Å². The van der Waals surface area contributed by atoms with Crippen LogP contribution in [0.2, 0.25) is 0 Å². The van der Waals surface area contributed by atoms with Gasteiger partial charge in [-0.2, -0.15) is 0 Å². The van der Waals surface area contributed by atoms with Gasteiger partial charge in [0.1, 0.15) is 12.1 Å². The summed E-state index contributed by atoms with van der Waals surface area (Å²) in [7, 11) is 0. The van der Waals surface area contributed by atoms with Crippen molar-refractivity contribution >= 4 is 35.3 Å². The van der Waals surface area contributed by atoms with E-state index in [9.17, 15) is 28.8 Å². The predicted octanol–water partition coefficient (Wildman–Crippen LogP) is 3.89. The first-order valence-corrected chi connectivity index (χ1v) is 17.2. The number of nitrogens with two attached hydrogens (primary N) is 1. The van der Waals surface area contributed by atoms with Crippen LogP contribution in [0.3, 0.4) is 0 Å². The van der Waals surface area contributed by atoms with E-state index in [1.165, 1.54) is 4.90 Å². The van der Waals surface area contributed by atoms with Gasteiger partial charge in [0.05, 0.1) is 6.04 Å². The lowest BCUT2D eigenvalue weighted by Gasteiger charge is -2.40. The summed E-state index contributed by atoms with van der Waals surface area (Å²) < 4.78 is 0. The minimum atomic E-state index is -1.10. The van der Waals surface area contributed by atoms with E-state index >= 15 is 0 Å². The molecular weight excluding hydrogens is 598 g/mol. The van der Waals surface area contributed by atoms with Crippen LogP contribution in [0.15, 0.2) is 30.3 Å². The topological polar surface area (TPSA) is 168 Å². The number of carbonyl (C=O) groups excluding carboxylic acids is 6. The Hall–Kier alpha value is -3.76. The van der Waals surface area contributed by atoms with E-state index < -0.39 is 58.6 Å². The first-order chi connectivity index (χ1) is 22.1. The smallest absolute Gasteiger partial charge is 0.315 e. The Morgan fingerprint density at radius 2 is 1.57 bits per heavy atom. The second kappa shape index (κ2) is 15.0. The van der Waals surface area contributed by atoms with Gasteiger partial charge in [0.2, 0.25) is 17.6 Å². The SMILES string of the molecule is CC(C)[C@H]1CCN(C(=O)[C@@H](NC(=O)NC2(CC(=O)c3ccccc3)CCCCC2)C(C)(C)C)[C@@H]1C(=O)NC(CC1CC1)C(=O)C(N)=O. The third-order valence-electron chi connectivity index (χ3n) is 10.2. The molecule has 0 aromatic heterocycles. The van der Waals surface area contributed by atoms with Crippen molar-refractivity contribution in [1.82, 2.24) is 20.9 Å². The van der Waals surface area contributed by atoms with Crippen LogP contribution in [0.1, 0.15) is 109 Å². The van der Waals surface area contributed by atoms with Crippen molar-refractivity contribution in [3.63, 3.8) is 0 Å². The third-order valence-corrected chi connectivity index (χ3v) is 10.2. The monoisotopic (exact) mass is 651 g/mol. The van der Waals surface area contributed by atoms with Crippen LogP contribution in [0.5, 0.6) is 0 Å². The summed E-state index contributed by atoms with van der Waals surface area (Å²) in [4.78, 5) is 81.2. The number of benzene rings is 1. The summed E-state index contributed by atoms with van der Waals surface area (Å²) in [6, 6.07) is 5.61. The van der Waals surface area contributed by atoms with E-state index in [0.29, 0.717) is 37.8 Å². The van der Waals surface area contributed by atoms with Crippen molar-refractivity contribution in [3.05, 3.63) is 35.9 Å². The van der Waals surface area contributed by atoms with Gasteiger partial charge in [-0.05, 0) is 48.9 Å². The Balaban J connectivity index is 1.53. The number of hydrogen-bond acceptors (Lipinski definition) is 6. The molecule has 1 aliphatic heterocycles. The fraction of sp³-hybridized carbons (Fsp3) is 0.667. The lowest BCUT2D eigenvalue weighted by Crippen LogP contribution is -2.63. The lowest BCUT2D eigenvalue weighted by molar-refractivity contribution is -0.144. The minimum absolute atomic E-state index is 0.0447. The van der Waals surface area contributed by atoms with Crippen molar-refractivity contribution in [3.8, 4) is 0 Å². The number of nitrogens with one attached hydrogen (secondary N) is 3. The molecule has 1 aromatic carbocycles. The van der Waals surface area contributed by atoms with Crippen molar-refractivity contribution in [1.29, 1.82) is 0 Å². The first-order valence-electron chi connectivity index (χ1n) is 17.2. The third kappa shape index (κ3) is 9.20. The van der Waals surface area contributed by atoms with Crippen molar-refractivity contribution in [2.24, 2.45) is 28.9 Å². The highest BCUT2D eigenvalue weighted by atomic mass is 16.2. The highest BCUT2D eigenvalue weighted by Gasteiger charge is 2.48. The largest absolute Gasteiger partial charge is 0.363 e. The molecule has 3 fully saturated rings. The van der Waals surface area contributed by atoms with Gasteiger partial charge in [0, 0.05) is 24.1 Å². The molecule has 1 saturated heterocycles. The molecule has 0 spiro atoms. The Kier molecular flexibility index (Phi) is 11.5. The maximum Gasteiger partial charge on any atom is 0.315 e. The minimum Gasteiger partial charge on any atom is -0.363 e. The second-order valence-corrected chi connectivity index (χ2v) is 15.3. The van der Waals surface area contributed by atoms with Crippen molar-refractivity contribution in [2.45, 2.75) is 122 Å². The van der Waals surface area contributed by atoms with Gasteiger partial charge in [-0.15, -0.1) is 0 Å². The van der Waals surface area contributed by atoms with Crippen LogP contribution in [0.25, 0.3) is 0 Å². The molecule has 1 aromatic rings. The number of rotatable bonds is 13. The molecule has 4 rings (SSSR count).